The van der Waals surface area contributed by atoms with Crippen molar-refractivity contribution in [2.24, 2.45) is 0 Å². The fourth-order valence-electron chi connectivity index (χ4n) is 0. The van der Waals surface area contributed by atoms with Crippen LogP contribution in [0.5, 0.6) is 0 Å². The Morgan fingerprint density at radius 2 is 1.22 bits per heavy atom. The van der Waals surface area contributed by atoms with Crippen LogP contribution in [0.15, 0.2) is 0 Å². The first-order chi connectivity index (χ1) is 3.15. The Bertz CT molecular complexity index is 60.0. The van der Waals surface area contributed by atoms with Crippen molar-refractivity contribution in [3.8, 4) is 0 Å². The summed E-state index contributed by atoms with van der Waals surface area (Å²) in [5.41, 5.74) is 0. The monoisotopic (exact) mass is 185 g/mol. The van der Waals surface area contributed by atoms with Crippen molar-refractivity contribution in [3.05, 3.63) is 0 Å². The first kappa shape index (κ1) is 22.5. The summed E-state index contributed by atoms with van der Waals surface area (Å²) in [7, 11) is 0. The van der Waals surface area contributed by atoms with Gasteiger partial charge in [0, 0.05) is 6.47 Å². The van der Waals surface area contributed by atoms with E-state index >= 15 is 0 Å². The van der Waals surface area contributed by atoms with Crippen LogP contribution in [0.25, 0.3) is 0 Å². The Hall–Kier alpha value is 1.26. The molecule has 0 unspecified atom stereocenters. The number of rotatable bonds is 0. The Morgan fingerprint density at radius 1 is 1.22 bits per heavy atom. The molecule has 0 saturated heterocycles. The molecule has 0 saturated carbocycles. The summed E-state index contributed by atoms with van der Waals surface area (Å²) in [4.78, 5) is 16.6. The van der Waals surface area contributed by atoms with Gasteiger partial charge in [0.2, 0.25) is 0 Å². The molecular formula is C2HCa2O5+. The van der Waals surface area contributed by atoms with Gasteiger partial charge in [-0.3, -0.25) is 0 Å². The smallest absolute Gasteiger partial charge is 0.652 e. The summed E-state index contributed by atoms with van der Waals surface area (Å²) in [6.45, 7) is -0.500. The van der Waals surface area contributed by atoms with Crippen LogP contribution in [0.1, 0.15) is 0 Å². The number of hydrogen-bond donors (Lipinski definition) is 0. The molecule has 0 aromatic carbocycles. The maximum atomic E-state index is 8.33. The molecule has 0 aromatic heterocycles. The fourth-order valence-corrected chi connectivity index (χ4v) is 0. The second-order valence-corrected chi connectivity index (χ2v) is 0.346. The van der Waals surface area contributed by atoms with E-state index in [0.29, 0.717) is 0 Å². The molecule has 7 heteroatoms. The van der Waals surface area contributed by atoms with Crippen molar-refractivity contribution < 1.29 is 24.9 Å². The van der Waals surface area contributed by atoms with E-state index in [1.807, 2.05) is 0 Å². The third-order valence-corrected chi connectivity index (χ3v) is 0. The van der Waals surface area contributed by atoms with Crippen LogP contribution in [-0.4, -0.2) is 88.1 Å². The van der Waals surface area contributed by atoms with Crippen molar-refractivity contribution >= 4 is 88.1 Å². The number of hydrogen-bond acceptors (Lipinski definition) is 5. The van der Waals surface area contributed by atoms with E-state index in [4.69, 9.17) is 24.9 Å². The maximum absolute atomic E-state index is 8.33. The first-order valence-corrected chi connectivity index (χ1v) is 1.08. The standard InChI is InChI=1S/CH2O3.CH2O2.2Ca/c2-1(3)4;2-1-3;;/h(H2,2,3,4);1H,(H,2,3);;/q;;2*+2/p-3. The summed E-state index contributed by atoms with van der Waals surface area (Å²) < 4.78 is 0. The van der Waals surface area contributed by atoms with Crippen LogP contribution in [0.3, 0.4) is 0 Å². The van der Waals surface area contributed by atoms with E-state index in [2.05, 4.69) is 0 Å². The van der Waals surface area contributed by atoms with Crippen molar-refractivity contribution in [2.45, 2.75) is 0 Å². The van der Waals surface area contributed by atoms with E-state index in [1.165, 1.54) is 0 Å². The van der Waals surface area contributed by atoms with Gasteiger partial charge in [-0.2, -0.15) is 0 Å². The van der Waals surface area contributed by atoms with Crippen molar-refractivity contribution in [1.29, 1.82) is 0 Å². The van der Waals surface area contributed by atoms with Gasteiger partial charge in [-0.25, -0.2) is 0 Å². The molecular weight excluding hydrogens is 184 g/mol. The molecule has 0 fully saturated rings. The van der Waals surface area contributed by atoms with Crippen LogP contribution >= 0.6 is 0 Å². The fraction of sp³-hybridized carbons (Fsp3) is 0. The molecule has 0 atom stereocenters. The molecule has 0 aliphatic carbocycles. The summed E-state index contributed by atoms with van der Waals surface area (Å²) in [6, 6.07) is 0. The average molecular weight is 185 g/mol. The van der Waals surface area contributed by atoms with Crippen LogP contribution < -0.4 is 15.3 Å². The predicted molar refractivity (Wildman–Crippen MR) is 23.0 cm³/mol. The zero-order chi connectivity index (χ0) is 6.28. The Labute approximate surface area is 111 Å². The molecule has 9 heavy (non-hydrogen) atoms. The zero-order valence-electron chi connectivity index (χ0n) is 4.53. The second-order valence-electron chi connectivity index (χ2n) is 0.346. The number of carbonyl (C=O) groups is 2. The normalized spacial score (nSPS) is 4.00. The van der Waals surface area contributed by atoms with Gasteiger partial charge in [0.25, 0.3) is 0 Å². The van der Waals surface area contributed by atoms with Crippen LogP contribution in [0.2, 0.25) is 0 Å². The van der Waals surface area contributed by atoms with Crippen molar-refractivity contribution in [1.82, 2.24) is 0 Å². The summed E-state index contributed by atoms with van der Waals surface area (Å²) >= 11 is 0. The SMILES string of the molecule is O=C([O-])[O-].O=C[O-].[Ca+2].[Ca+2]. The third kappa shape index (κ3) is 308. The molecule has 0 aromatic rings. The summed E-state index contributed by atoms with van der Waals surface area (Å²) in [5, 5.41) is 24.9. The molecule has 0 aliphatic heterocycles. The van der Waals surface area contributed by atoms with Gasteiger partial charge >= 0.3 is 75.5 Å². The molecule has 0 rings (SSSR count). The largest absolute Gasteiger partial charge is 2.00 e. The Balaban J connectivity index is -0.0000000233. The summed E-state index contributed by atoms with van der Waals surface area (Å²) in [5.74, 6) is 0. The zero-order valence-corrected chi connectivity index (χ0v) is 8.95. The van der Waals surface area contributed by atoms with Gasteiger partial charge in [-0.15, -0.1) is 0 Å². The summed E-state index contributed by atoms with van der Waals surface area (Å²) in [6.07, 6.45) is -2.33. The average Bonchev–Trinajstić information content (AvgIpc) is 1.33. The van der Waals surface area contributed by atoms with Crippen LogP contribution in [0.4, 0.5) is 4.79 Å². The molecule has 0 heterocycles. The number of carboxylic acid groups (broad SMARTS) is 3. The Morgan fingerprint density at radius 3 is 1.22 bits per heavy atom. The number of carbonyl (C=O) groups excluding carboxylic acids is 2. The quantitative estimate of drug-likeness (QED) is 0.278. The maximum Gasteiger partial charge on any atom is 2.00 e. The van der Waals surface area contributed by atoms with Gasteiger partial charge in [-0.1, -0.05) is 0 Å². The van der Waals surface area contributed by atoms with E-state index < -0.39 is 12.6 Å². The minimum absolute atomic E-state index is 0. The minimum Gasteiger partial charge on any atom is -0.652 e. The van der Waals surface area contributed by atoms with E-state index in [9.17, 15) is 0 Å². The van der Waals surface area contributed by atoms with Crippen LogP contribution in [0, 0.1) is 0 Å². The molecule has 42 valence electrons. The van der Waals surface area contributed by atoms with Crippen LogP contribution in [-0.2, 0) is 4.79 Å². The Kier molecular flexibility index (Phi) is 57.0. The van der Waals surface area contributed by atoms with Gasteiger partial charge in [0.1, 0.15) is 0 Å². The van der Waals surface area contributed by atoms with Gasteiger partial charge in [-0.05, 0) is 6.16 Å². The van der Waals surface area contributed by atoms with Crippen molar-refractivity contribution in [2.75, 3.05) is 0 Å². The van der Waals surface area contributed by atoms with E-state index in [0.717, 1.165) is 0 Å². The van der Waals surface area contributed by atoms with Gasteiger partial charge in [0.15, 0.2) is 0 Å². The first-order valence-electron chi connectivity index (χ1n) is 1.08. The molecule has 0 radical (unpaired) electrons. The van der Waals surface area contributed by atoms with Gasteiger partial charge < -0.3 is 24.9 Å². The predicted octanol–water partition coefficient (Wildman–Crippen LogP) is -4.84. The molecule has 0 aliphatic rings. The third-order valence-electron chi connectivity index (χ3n) is 0. The topological polar surface area (TPSA) is 103 Å². The van der Waals surface area contributed by atoms with E-state index in [1.54, 1.807) is 0 Å². The van der Waals surface area contributed by atoms with Crippen molar-refractivity contribution in [3.63, 3.8) is 0 Å². The van der Waals surface area contributed by atoms with E-state index in [-0.39, 0.29) is 75.5 Å². The second kappa shape index (κ2) is 22.8. The molecule has 0 spiro atoms. The minimum atomic E-state index is -2.33. The molecule has 0 bridgehead atoms. The molecule has 0 N–H and O–H groups in total. The molecule has 0 amide bonds. The van der Waals surface area contributed by atoms with Gasteiger partial charge in [0.05, 0.1) is 0 Å². The molecule has 5 nitrogen and oxygen atoms in total.